The molecule has 0 unspecified atom stereocenters. The van der Waals surface area contributed by atoms with Gasteiger partial charge >= 0.3 is 0 Å². The minimum Gasteiger partial charge on any atom is -0.496 e. The number of rotatable bonds is 7. The van der Waals surface area contributed by atoms with Crippen LogP contribution in [0, 0.1) is 27.7 Å². The third-order valence-electron chi connectivity index (χ3n) is 7.48. The Kier molecular flexibility index (Phi) is 7.01. The molecule has 2 aliphatic rings. The van der Waals surface area contributed by atoms with Crippen molar-refractivity contribution in [2.24, 2.45) is 0 Å². The lowest BCUT2D eigenvalue weighted by Crippen LogP contribution is -2.45. The summed E-state index contributed by atoms with van der Waals surface area (Å²) >= 11 is 0. The van der Waals surface area contributed by atoms with Gasteiger partial charge in [0.25, 0.3) is 0 Å². The number of nitrogens with zero attached hydrogens (tertiary/aromatic N) is 4. The minimum atomic E-state index is 0.568. The third kappa shape index (κ3) is 4.35. The number of pyridine rings is 2. The highest BCUT2D eigenvalue weighted by atomic mass is 16.5. The van der Waals surface area contributed by atoms with E-state index in [0.29, 0.717) is 12.1 Å². The van der Waals surface area contributed by atoms with E-state index in [-0.39, 0.29) is 0 Å². The van der Waals surface area contributed by atoms with E-state index in [0.717, 1.165) is 60.2 Å². The summed E-state index contributed by atoms with van der Waals surface area (Å²) in [6.07, 6.45) is 8.93. The number of hydrogen-bond donors (Lipinski definition) is 0. The van der Waals surface area contributed by atoms with Gasteiger partial charge in [-0.15, -0.1) is 0 Å². The van der Waals surface area contributed by atoms with Gasteiger partial charge in [-0.1, -0.05) is 0 Å². The second kappa shape index (κ2) is 9.75. The fraction of sp³-hybridized carbons (Fsp3) is 0.615. The largest absolute Gasteiger partial charge is 0.496 e. The van der Waals surface area contributed by atoms with Gasteiger partial charge in [0, 0.05) is 59.8 Å². The van der Waals surface area contributed by atoms with Crippen LogP contribution in [0.2, 0.25) is 0 Å². The molecule has 0 radical (unpaired) electrons. The van der Waals surface area contributed by atoms with Crippen LogP contribution in [0.5, 0.6) is 11.5 Å². The molecule has 4 heterocycles. The Labute approximate surface area is 193 Å². The van der Waals surface area contributed by atoms with Gasteiger partial charge in [-0.25, -0.2) is 0 Å². The maximum absolute atomic E-state index is 5.65. The first-order valence-corrected chi connectivity index (χ1v) is 11.9. The van der Waals surface area contributed by atoms with E-state index in [4.69, 9.17) is 19.4 Å². The first-order chi connectivity index (χ1) is 15.4. The first kappa shape index (κ1) is 23.0. The standard InChI is InChI=1S/C26H38N4O2/c1-17-13-27-21(19(3)25(17)31-5)15-29-11-7-9-23(29)24-10-8-12-30(24)16-22-20(4)26(32-6)18(2)14-28-22/h13-14,23-24H,7-12,15-16H2,1-6H3/t23-,24-/m1/s1. The number of ether oxygens (including phenoxy) is 2. The molecular weight excluding hydrogens is 400 g/mol. The number of methoxy groups -OCH3 is 2. The smallest absolute Gasteiger partial charge is 0.128 e. The van der Waals surface area contributed by atoms with Crippen molar-refractivity contribution in [3.63, 3.8) is 0 Å². The van der Waals surface area contributed by atoms with Gasteiger partial charge in [-0.05, 0) is 66.5 Å². The summed E-state index contributed by atoms with van der Waals surface area (Å²) in [7, 11) is 3.51. The highest BCUT2D eigenvalue weighted by Gasteiger charge is 2.38. The molecule has 0 spiro atoms. The van der Waals surface area contributed by atoms with Crippen LogP contribution in [0.25, 0.3) is 0 Å². The Bertz CT molecular complexity index is 884. The van der Waals surface area contributed by atoms with Crippen LogP contribution >= 0.6 is 0 Å². The Morgan fingerprint density at radius 3 is 1.53 bits per heavy atom. The minimum absolute atomic E-state index is 0.568. The maximum atomic E-state index is 5.65. The van der Waals surface area contributed by atoms with Crippen molar-refractivity contribution >= 4 is 0 Å². The fourth-order valence-corrected chi connectivity index (χ4v) is 5.81. The highest BCUT2D eigenvalue weighted by molar-refractivity contribution is 5.42. The summed E-state index contributed by atoms with van der Waals surface area (Å²) in [6.45, 7) is 12.5. The second-order valence-corrected chi connectivity index (χ2v) is 9.45. The van der Waals surface area contributed by atoms with Crippen LogP contribution < -0.4 is 9.47 Å². The van der Waals surface area contributed by atoms with Crippen molar-refractivity contribution < 1.29 is 9.47 Å². The lowest BCUT2D eigenvalue weighted by atomic mass is 10.0. The van der Waals surface area contributed by atoms with Crippen molar-refractivity contribution in [2.45, 2.75) is 78.6 Å². The van der Waals surface area contributed by atoms with Crippen molar-refractivity contribution in [3.05, 3.63) is 46.0 Å². The molecule has 6 heteroatoms. The molecule has 0 aromatic carbocycles. The number of aromatic nitrogens is 2. The van der Waals surface area contributed by atoms with Gasteiger partial charge in [0.15, 0.2) is 0 Å². The number of hydrogen-bond acceptors (Lipinski definition) is 6. The SMILES string of the molecule is COc1c(C)cnc(CN2CCC[C@@H]2[C@H]2CCCN2Cc2ncc(C)c(OC)c2C)c1C. The molecule has 0 N–H and O–H groups in total. The van der Waals surface area contributed by atoms with E-state index in [1.54, 1.807) is 14.2 Å². The molecule has 0 amide bonds. The Morgan fingerprint density at radius 2 is 1.16 bits per heavy atom. The van der Waals surface area contributed by atoms with Crippen molar-refractivity contribution in [3.8, 4) is 11.5 Å². The molecule has 4 rings (SSSR count). The summed E-state index contributed by atoms with van der Waals surface area (Å²) < 4.78 is 11.3. The van der Waals surface area contributed by atoms with Crippen LogP contribution in [-0.4, -0.2) is 59.2 Å². The quantitative estimate of drug-likeness (QED) is 0.640. The van der Waals surface area contributed by atoms with Gasteiger partial charge in [-0.3, -0.25) is 19.8 Å². The van der Waals surface area contributed by atoms with Crippen molar-refractivity contribution in [1.29, 1.82) is 0 Å². The summed E-state index contributed by atoms with van der Waals surface area (Å²) in [5.74, 6) is 1.95. The van der Waals surface area contributed by atoms with Crippen LogP contribution in [0.3, 0.4) is 0 Å². The lowest BCUT2D eigenvalue weighted by molar-refractivity contribution is 0.122. The van der Waals surface area contributed by atoms with Gasteiger partial charge in [-0.2, -0.15) is 0 Å². The summed E-state index contributed by atoms with van der Waals surface area (Å²) in [6, 6.07) is 1.14. The normalized spacial score (nSPS) is 21.9. The molecule has 2 saturated heterocycles. The molecule has 32 heavy (non-hydrogen) atoms. The lowest BCUT2D eigenvalue weighted by Gasteiger charge is -2.35. The molecule has 2 aliphatic heterocycles. The average Bonchev–Trinajstić information content (AvgIpc) is 3.42. The molecule has 2 aromatic heterocycles. The molecule has 0 saturated carbocycles. The fourth-order valence-electron chi connectivity index (χ4n) is 5.81. The van der Waals surface area contributed by atoms with E-state index in [1.807, 2.05) is 12.4 Å². The van der Waals surface area contributed by atoms with Crippen LogP contribution in [0.15, 0.2) is 12.4 Å². The zero-order chi connectivity index (χ0) is 22.8. The van der Waals surface area contributed by atoms with E-state index < -0.39 is 0 Å². The molecule has 174 valence electrons. The van der Waals surface area contributed by atoms with Crippen LogP contribution in [0.4, 0.5) is 0 Å². The van der Waals surface area contributed by atoms with E-state index in [9.17, 15) is 0 Å². The third-order valence-corrected chi connectivity index (χ3v) is 7.48. The Balaban J connectivity index is 1.51. The van der Waals surface area contributed by atoms with Crippen molar-refractivity contribution in [1.82, 2.24) is 19.8 Å². The molecule has 0 aliphatic carbocycles. The second-order valence-electron chi connectivity index (χ2n) is 9.45. The van der Waals surface area contributed by atoms with Crippen LogP contribution in [0.1, 0.15) is 59.3 Å². The molecular formula is C26H38N4O2. The molecule has 0 bridgehead atoms. The van der Waals surface area contributed by atoms with Crippen LogP contribution in [-0.2, 0) is 13.1 Å². The average molecular weight is 439 g/mol. The monoisotopic (exact) mass is 438 g/mol. The zero-order valence-electron chi connectivity index (χ0n) is 20.6. The predicted molar refractivity (Wildman–Crippen MR) is 127 cm³/mol. The molecule has 2 fully saturated rings. The highest BCUT2D eigenvalue weighted by Crippen LogP contribution is 2.34. The van der Waals surface area contributed by atoms with Gasteiger partial charge in [0.05, 0.1) is 25.6 Å². The molecule has 2 atom stereocenters. The van der Waals surface area contributed by atoms with E-state index >= 15 is 0 Å². The van der Waals surface area contributed by atoms with E-state index in [1.165, 1.54) is 36.8 Å². The van der Waals surface area contributed by atoms with Gasteiger partial charge < -0.3 is 9.47 Å². The predicted octanol–water partition coefficient (Wildman–Crippen LogP) is 4.36. The van der Waals surface area contributed by atoms with Gasteiger partial charge in [0.2, 0.25) is 0 Å². The number of aryl methyl sites for hydroxylation is 2. The Hall–Kier alpha value is -2.18. The topological polar surface area (TPSA) is 50.7 Å². The Morgan fingerprint density at radius 1 is 0.750 bits per heavy atom. The summed E-state index contributed by atoms with van der Waals surface area (Å²) in [5, 5.41) is 0. The summed E-state index contributed by atoms with van der Waals surface area (Å²) in [5.41, 5.74) is 6.84. The zero-order valence-corrected chi connectivity index (χ0v) is 20.6. The van der Waals surface area contributed by atoms with E-state index in [2.05, 4.69) is 37.5 Å². The van der Waals surface area contributed by atoms with Gasteiger partial charge in [0.1, 0.15) is 11.5 Å². The molecule has 6 nitrogen and oxygen atoms in total. The molecule has 2 aromatic rings. The first-order valence-electron chi connectivity index (χ1n) is 11.9. The van der Waals surface area contributed by atoms with Crippen molar-refractivity contribution in [2.75, 3.05) is 27.3 Å². The summed E-state index contributed by atoms with van der Waals surface area (Å²) in [4.78, 5) is 14.9. The maximum Gasteiger partial charge on any atom is 0.128 e. The number of likely N-dealkylation sites (tertiary alicyclic amines) is 2.